The summed E-state index contributed by atoms with van der Waals surface area (Å²) >= 11 is 0. The molecule has 2 N–H and O–H groups in total. The highest BCUT2D eigenvalue weighted by molar-refractivity contribution is 5.95. The van der Waals surface area contributed by atoms with Gasteiger partial charge in [-0.05, 0) is 38.0 Å². The Balaban J connectivity index is 1.72. The zero-order chi connectivity index (χ0) is 22.1. The van der Waals surface area contributed by atoms with Crippen LogP contribution in [0.1, 0.15) is 49.8 Å². The lowest BCUT2D eigenvalue weighted by Gasteiger charge is -2.41. The minimum absolute atomic E-state index is 0.0541. The van der Waals surface area contributed by atoms with E-state index >= 15 is 0 Å². The van der Waals surface area contributed by atoms with Gasteiger partial charge in [-0.2, -0.15) is 0 Å². The summed E-state index contributed by atoms with van der Waals surface area (Å²) < 4.78 is 61.6. The van der Waals surface area contributed by atoms with E-state index in [2.05, 4.69) is 10.2 Å². The van der Waals surface area contributed by atoms with Gasteiger partial charge >= 0.3 is 0 Å². The molecule has 10 heteroatoms. The van der Waals surface area contributed by atoms with Gasteiger partial charge in [0.25, 0.3) is 12.9 Å². The molecule has 0 atom stereocenters. The molecule has 5 rings (SSSR count). The van der Waals surface area contributed by atoms with Crippen molar-refractivity contribution in [2.75, 3.05) is 0 Å². The Morgan fingerprint density at radius 2 is 1.81 bits per heavy atom. The van der Waals surface area contributed by atoms with Gasteiger partial charge in [0.05, 0.1) is 28.5 Å². The topological polar surface area (TPSA) is 84.3 Å². The zero-order valence-corrected chi connectivity index (χ0v) is 16.2. The highest BCUT2D eigenvalue weighted by Gasteiger charge is 2.40. The highest BCUT2D eigenvalue weighted by Crippen LogP contribution is 2.46. The lowest BCUT2D eigenvalue weighted by atomic mass is 9.77. The van der Waals surface area contributed by atoms with E-state index in [1.165, 1.54) is 24.6 Å². The molecule has 1 aromatic carbocycles. The second kappa shape index (κ2) is 6.68. The molecule has 0 bridgehead atoms. The largest absolute Gasteiger partial charge is 0.506 e. The molecule has 1 aliphatic carbocycles. The minimum atomic E-state index is -2.97. The quantitative estimate of drug-likeness (QED) is 0.413. The molecule has 0 aliphatic heterocycles. The molecule has 4 aromatic rings. The van der Waals surface area contributed by atoms with E-state index < -0.39 is 29.8 Å². The number of furan rings is 1. The van der Waals surface area contributed by atoms with Crippen LogP contribution in [0.2, 0.25) is 0 Å². The van der Waals surface area contributed by atoms with Gasteiger partial charge in [0, 0.05) is 28.8 Å². The van der Waals surface area contributed by atoms with E-state index in [9.17, 15) is 27.8 Å². The van der Waals surface area contributed by atoms with Gasteiger partial charge in [-0.3, -0.25) is 0 Å². The first kappa shape index (κ1) is 19.8. The fourth-order valence-corrected chi connectivity index (χ4v) is 4.35. The molecular formula is C21H17F4N3O3. The van der Waals surface area contributed by atoms with Crippen LogP contribution in [0, 0.1) is 0 Å². The van der Waals surface area contributed by atoms with E-state index in [-0.39, 0.29) is 44.9 Å². The molecule has 3 aromatic heterocycles. The normalized spacial score (nSPS) is 21.5. The number of hydrogen-bond donors (Lipinski definition) is 2. The fourth-order valence-electron chi connectivity index (χ4n) is 4.35. The molecule has 3 heterocycles. The molecule has 162 valence electrons. The molecule has 6 nitrogen and oxygen atoms in total. The van der Waals surface area contributed by atoms with Crippen molar-refractivity contribution in [1.29, 1.82) is 0 Å². The van der Waals surface area contributed by atoms with Gasteiger partial charge in [-0.15, -0.1) is 10.2 Å². The SMILES string of the molecule is CC1(O)CC(n2cc(C(F)F)c3cc(-c4c(C(F)F)cc5occc5c4O)nnc32)C1. The average molecular weight is 435 g/mol. The summed E-state index contributed by atoms with van der Waals surface area (Å²) in [5.74, 6) is -0.483. The molecule has 0 amide bonds. The summed E-state index contributed by atoms with van der Waals surface area (Å²) in [7, 11) is 0. The van der Waals surface area contributed by atoms with Crippen molar-refractivity contribution in [3.63, 3.8) is 0 Å². The monoisotopic (exact) mass is 435 g/mol. The molecule has 0 saturated heterocycles. The van der Waals surface area contributed by atoms with Crippen LogP contribution in [-0.4, -0.2) is 30.6 Å². The summed E-state index contributed by atoms with van der Waals surface area (Å²) in [5, 5.41) is 28.9. The number of halogens is 4. The van der Waals surface area contributed by atoms with Crippen molar-refractivity contribution >= 4 is 22.0 Å². The third-order valence-corrected chi connectivity index (χ3v) is 5.84. The van der Waals surface area contributed by atoms with E-state index in [0.717, 1.165) is 6.07 Å². The number of phenolic OH excluding ortho intramolecular Hbond substituents is 1. The third-order valence-electron chi connectivity index (χ3n) is 5.84. The van der Waals surface area contributed by atoms with E-state index in [4.69, 9.17) is 4.42 Å². The number of aromatic nitrogens is 3. The molecule has 0 radical (unpaired) electrons. The molecule has 31 heavy (non-hydrogen) atoms. The Kier molecular flexibility index (Phi) is 4.27. The molecule has 1 saturated carbocycles. The first-order valence-corrected chi connectivity index (χ1v) is 9.56. The van der Waals surface area contributed by atoms with Crippen molar-refractivity contribution in [3.05, 3.63) is 41.8 Å². The van der Waals surface area contributed by atoms with Gasteiger partial charge in [0.2, 0.25) is 0 Å². The summed E-state index contributed by atoms with van der Waals surface area (Å²) in [4.78, 5) is 0. The van der Waals surface area contributed by atoms with Crippen LogP contribution in [0.25, 0.3) is 33.3 Å². The summed E-state index contributed by atoms with van der Waals surface area (Å²) in [6.07, 6.45) is -2.54. The number of aliphatic hydroxyl groups is 1. The molecular weight excluding hydrogens is 418 g/mol. The van der Waals surface area contributed by atoms with Crippen LogP contribution in [-0.2, 0) is 0 Å². The van der Waals surface area contributed by atoms with Crippen LogP contribution in [0.4, 0.5) is 17.6 Å². The molecule has 1 aliphatic rings. The number of hydrogen-bond acceptors (Lipinski definition) is 5. The second-order valence-corrected chi connectivity index (χ2v) is 8.14. The van der Waals surface area contributed by atoms with E-state index in [0.29, 0.717) is 12.8 Å². The number of alkyl halides is 4. The lowest BCUT2D eigenvalue weighted by molar-refractivity contribution is -0.0499. The van der Waals surface area contributed by atoms with Crippen molar-refractivity contribution in [2.45, 2.75) is 44.3 Å². The Morgan fingerprint density at radius 3 is 2.45 bits per heavy atom. The van der Waals surface area contributed by atoms with Crippen LogP contribution in [0.5, 0.6) is 5.75 Å². The number of fused-ring (bicyclic) bond motifs is 2. The van der Waals surface area contributed by atoms with E-state index in [1.54, 1.807) is 11.5 Å². The van der Waals surface area contributed by atoms with Gasteiger partial charge in [-0.1, -0.05) is 0 Å². The third kappa shape index (κ3) is 3.04. The first-order valence-electron chi connectivity index (χ1n) is 9.56. The molecule has 1 fully saturated rings. The summed E-state index contributed by atoms with van der Waals surface area (Å²) in [6, 6.07) is 3.52. The van der Waals surface area contributed by atoms with E-state index in [1.807, 2.05) is 0 Å². The number of aromatic hydroxyl groups is 1. The number of rotatable bonds is 4. The van der Waals surface area contributed by atoms with Crippen molar-refractivity contribution in [1.82, 2.24) is 14.8 Å². The first-order chi connectivity index (χ1) is 14.7. The summed E-state index contributed by atoms with van der Waals surface area (Å²) in [5.41, 5.74) is -1.93. The van der Waals surface area contributed by atoms with Gasteiger partial charge in [0.1, 0.15) is 11.3 Å². The van der Waals surface area contributed by atoms with Crippen LogP contribution in [0.3, 0.4) is 0 Å². The van der Waals surface area contributed by atoms with Gasteiger partial charge in [-0.25, -0.2) is 17.6 Å². The second-order valence-electron chi connectivity index (χ2n) is 8.14. The van der Waals surface area contributed by atoms with Crippen molar-refractivity contribution < 1.29 is 32.2 Å². The van der Waals surface area contributed by atoms with Crippen LogP contribution < -0.4 is 0 Å². The maximum Gasteiger partial charge on any atom is 0.265 e. The standard InChI is InChI=1S/C21H17F4N3O3/c1-21(30)6-9(7-21)28-8-13(19(24)25)11-4-14(26-27-20(11)28)16-12(18(22)23)5-15-10(17(16)29)2-3-31-15/h2-5,8-9,18-19,29-30H,6-7H2,1H3. The number of nitrogens with zero attached hydrogens (tertiary/aromatic N) is 3. The fraction of sp³-hybridized carbons (Fsp3) is 0.333. The minimum Gasteiger partial charge on any atom is -0.506 e. The van der Waals surface area contributed by atoms with Crippen LogP contribution >= 0.6 is 0 Å². The summed E-state index contributed by atoms with van der Waals surface area (Å²) in [6.45, 7) is 1.66. The maximum atomic E-state index is 13.7. The van der Waals surface area contributed by atoms with Gasteiger partial charge in [0.15, 0.2) is 5.65 Å². The predicted molar refractivity (Wildman–Crippen MR) is 103 cm³/mol. The predicted octanol–water partition coefficient (Wildman–Crippen LogP) is 5.51. The highest BCUT2D eigenvalue weighted by atomic mass is 19.3. The Bertz CT molecular complexity index is 1300. The average Bonchev–Trinajstić information content (AvgIpc) is 3.30. The van der Waals surface area contributed by atoms with Gasteiger partial charge < -0.3 is 19.2 Å². The maximum absolute atomic E-state index is 13.7. The number of benzene rings is 1. The Hall–Kier alpha value is -3.14. The van der Waals surface area contributed by atoms with Crippen LogP contribution in [0.15, 0.2) is 35.1 Å². The van der Waals surface area contributed by atoms with Crippen molar-refractivity contribution in [2.24, 2.45) is 0 Å². The lowest BCUT2D eigenvalue weighted by Crippen LogP contribution is -2.41. The molecule has 0 spiro atoms. The smallest absolute Gasteiger partial charge is 0.265 e. The Labute approximate surface area is 172 Å². The van der Waals surface area contributed by atoms with Crippen molar-refractivity contribution in [3.8, 4) is 17.0 Å². The number of phenols is 1. The zero-order valence-electron chi connectivity index (χ0n) is 16.2. The molecule has 0 unspecified atom stereocenters. The Morgan fingerprint density at radius 1 is 1.10 bits per heavy atom.